The lowest BCUT2D eigenvalue weighted by molar-refractivity contribution is -0.136. The fourth-order valence-electron chi connectivity index (χ4n) is 3.31. The van der Waals surface area contributed by atoms with Crippen LogP contribution in [0.3, 0.4) is 0 Å². The van der Waals surface area contributed by atoms with E-state index in [-0.39, 0.29) is 6.42 Å². The van der Waals surface area contributed by atoms with E-state index in [9.17, 15) is 4.79 Å². The standard InChI is InChI=1S/C20H23NO3S/c1-13-14(2)18(8-6-15(13)7-9-20(22)23)24-11-16-4-3-5-17(16)19-10-21-12-25-19/h6,8,10,12H,3-5,7,9,11H2,1-2H3,(H,22,23). The fourth-order valence-corrected chi connectivity index (χ4v) is 4.06. The van der Waals surface area contributed by atoms with Crippen molar-refractivity contribution in [2.45, 2.75) is 46.0 Å². The Morgan fingerprint density at radius 3 is 2.84 bits per heavy atom. The van der Waals surface area contributed by atoms with Crippen LogP contribution in [0.2, 0.25) is 0 Å². The minimum absolute atomic E-state index is 0.158. The summed E-state index contributed by atoms with van der Waals surface area (Å²) in [6.07, 6.45) is 6.03. The van der Waals surface area contributed by atoms with Gasteiger partial charge in [0.1, 0.15) is 12.4 Å². The molecule has 0 amide bonds. The summed E-state index contributed by atoms with van der Waals surface area (Å²) in [6, 6.07) is 3.97. The van der Waals surface area contributed by atoms with Gasteiger partial charge < -0.3 is 9.84 Å². The Hall–Kier alpha value is -2.14. The monoisotopic (exact) mass is 357 g/mol. The molecule has 4 nitrogen and oxygen atoms in total. The Labute approximate surface area is 152 Å². The second-order valence-electron chi connectivity index (χ2n) is 6.46. The van der Waals surface area contributed by atoms with Crippen LogP contribution in [0.25, 0.3) is 5.57 Å². The highest BCUT2D eigenvalue weighted by molar-refractivity contribution is 7.10. The van der Waals surface area contributed by atoms with Crippen molar-refractivity contribution in [3.63, 3.8) is 0 Å². The van der Waals surface area contributed by atoms with E-state index >= 15 is 0 Å². The number of carboxylic acids is 1. The molecule has 0 spiro atoms. The van der Waals surface area contributed by atoms with Gasteiger partial charge in [-0.25, -0.2) is 0 Å². The molecule has 25 heavy (non-hydrogen) atoms. The van der Waals surface area contributed by atoms with Crippen LogP contribution in [0.5, 0.6) is 5.75 Å². The normalized spacial score (nSPS) is 14.2. The molecule has 0 unspecified atom stereocenters. The van der Waals surface area contributed by atoms with Crippen molar-refractivity contribution in [2.24, 2.45) is 0 Å². The van der Waals surface area contributed by atoms with Gasteiger partial charge >= 0.3 is 5.97 Å². The number of aryl methyl sites for hydroxylation is 1. The summed E-state index contributed by atoms with van der Waals surface area (Å²) in [5.74, 6) is 0.126. The Bertz CT molecular complexity index is 794. The predicted molar refractivity (Wildman–Crippen MR) is 100 cm³/mol. The third-order valence-corrected chi connectivity index (χ3v) is 5.75. The molecule has 5 heteroatoms. The summed E-state index contributed by atoms with van der Waals surface area (Å²) in [5.41, 5.74) is 7.95. The Balaban J connectivity index is 1.72. The average Bonchev–Trinajstić information content (AvgIpc) is 3.25. The largest absolute Gasteiger partial charge is 0.489 e. The van der Waals surface area contributed by atoms with Crippen molar-refractivity contribution >= 4 is 22.9 Å². The molecule has 1 aromatic carbocycles. The Kier molecular flexibility index (Phi) is 5.53. The molecule has 0 radical (unpaired) electrons. The highest BCUT2D eigenvalue weighted by Gasteiger charge is 2.18. The molecule has 0 atom stereocenters. The second kappa shape index (κ2) is 7.83. The molecule has 1 N–H and O–H groups in total. The third kappa shape index (κ3) is 4.10. The van der Waals surface area contributed by atoms with Crippen LogP contribution in [-0.4, -0.2) is 22.7 Å². The number of ether oxygens (including phenoxy) is 1. The van der Waals surface area contributed by atoms with Crippen LogP contribution in [0, 0.1) is 13.8 Å². The lowest BCUT2D eigenvalue weighted by Crippen LogP contribution is -2.05. The van der Waals surface area contributed by atoms with Crippen LogP contribution in [0.4, 0.5) is 0 Å². The van der Waals surface area contributed by atoms with Crippen molar-refractivity contribution < 1.29 is 14.6 Å². The summed E-state index contributed by atoms with van der Waals surface area (Å²) in [5, 5.41) is 8.86. The number of thiazole rings is 1. The van der Waals surface area contributed by atoms with E-state index in [1.807, 2.05) is 37.7 Å². The summed E-state index contributed by atoms with van der Waals surface area (Å²) in [7, 11) is 0. The van der Waals surface area contributed by atoms with Gasteiger partial charge in [0.25, 0.3) is 0 Å². The van der Waals surface area contributed by atoms with E-state index in [2.05, 4.69) is 4.98 Å². The SMILES string of the molecule is Cc1c(CCC(=O)O)ccc(OCC2=C(c3cncs3)CCC2)c1C. The summed E-state index contributed by atoms with van der Waals surface area (Å²) in [6.45, 7) is 4.70. The number of hydrogen-bond acceptors (Lipinski definition) is 4. The maximum atomic E-state index is 10.8. The van der Waals surface area contributed by atoms with Gasteiger partial charge in [-0.15, -0.1) is 11.3 Å². The molecule has 0 aliphatic heterocycles. The van der Waals surface area contributed by atoms with Crippen LogP contribution in [0.1, 0.15) is 47.3 Å². The fraction of sp³-hybridized carbons (Fsp3) is 0.400. The predicted octanol–water partition coefficient (Wildman–Crippen LogP) is 4.79. The molecule has 3 rings (SSSR count). The maximum Gasteiger partial charge on any atom is 0.303 e. The second-order valence-corrected chi connectivity index (χ2v) is 7.34. The van der Waals surface area contributed by atoms with Crippen molar-refractivity contribution in [1.29, 1.82) is 0 Å². The van der Waals surface area contributed by atoms with Gasteiger partial charge in [-0.2, -0.15) is 0 Å². The first-order chi connectivity index (χ1) is 12.1. The van der Waals surface area contributed by atoms with Crippen LogP contribution < -0.4 is 4.74 Å². The van der Waals surface area contributed by atoms with E-state index in [0.717, 1.165) is 35.3 Å². The zero-order valence-electron chi connectivity index (χ0n) is 14.7. The number of aromatic nitrogens is 1. The molecular weight excluding hydrogens is 334 g/mol. The highest BCUT2D eigenvalue weighted by atomic mass is 32.1. The molecule has 1 aliphatic carbocycles. The summed E-state index contributed by atoms with van der Waals surface area (Å²) < 4.78 is 6.12. The smallest absolute Gasteiger partial charge is 0.303 e. The number of benzene rings is 1. The first-order valence-electron chi connectivity index (χ1n) is 8.59. The van der Waals surface area contributed by atoms with Crippen molar-refractivity contribution in [3.05, 3.63) is 51.0 Å². The number of hydrogen-bond donors (Lipinski definition) is 1. The van der Waals surface area contributed by atoms with Gasteiger partial charge in [0.05, 0.1) is 10.4 Å². The number of carbonyl (C=O) groups is 1. The van der Waals surface area contributed by atoms with E-state index in [4.69, 9.17) is 9.84 Å². The van der Waals surface area contributed by atoms with E-state index in [1.54, 1.807) is 11.3 Å². The zero-order valence-corrected chi connectivity index (χ0v) is 15.5. The highest BCUT2D eigenvalue weighted by Crippen LogP contribution is 2.36. The van der Waals surface area contributed by atoms with Gasteiger partial charge in [-0.3, -0.25) is 9.78 Å². The zero-order chi connectivity index (χ0) is 17.8. The first kappa shape index (κ1) is 17.7. The molecule has 1 heterocycles. The van der Waals surface area contributed by atoms with Crippen LogP contribution in [0.15, 0.2) is 29.4 Å². The molecule has 1 aromatic heterocycles. The first-order valence-corrected chi connectivity index (χ1v) is 9.47. The molecule has 2 aromatic rings. The third-order valence-electron chi connectivity index (χ3n) is 4.92. The molecule has 0 saturated carbocycles. The minimum atomic E-state index is -0.763. The minimum Gasteiger partial charge on any atom is -0.489 e. The van der Waals surface area contributed by atoms with Gasteiger partial charge in [-0.1, -0.05) is 6.07 Å². The maximum absolute atomic E-state index is 10.8. The number of carboxylic acid groups (broad SMARTS) is 1. The van der Waals surface area contributed by atoms with Gasteiger partial charge in [0, 0.05) is 12.6 Å². The lowest BCUT2D eigenvalue weighted by atomic mass is 9.99. The van der Waals surface area contributed by atoms with Crippen LogP contribution in [-0.2, 0) is 11.2 Å². The topological polar surface area (TPSA) is 59.4 Å². The Morgan fingerprint density at radius 2 is 2.12 bits per heavy atom. The van der Waals surface area contributed by atoms with E-state index < -0.39 is 5.97 Å². The number of aliphatic carboxylic acids is 1. The van der Waals surface area contributed by atoms with Crippen molar-refractivity contribution in [1.82, 2.24) is 4.98 Å². The molecular formula is C20H23NO3S. The van der Waals surface area contributed by atoms with Gasteiger partial charge in [0.15, 0.2) is 0 Å². The molecule has 0 saturated heterocycles. The molecule has 0 bridgehead atoms. The quantitative estimate of drug-likeness (QED) is 0.774. The molecule has 132 valence electrons. The number of rotatable bonds is 7. The molecule has 0 fully saturated rings. The summed E-state index contributed by atoms with van der Waals surface area (Å²) >= 11 is 1.69. The van der Waals surface area contributed by atoms with Crippen molar-refractivity contribution in [2.75, 3.05) is 6.61 Å². The number of nitrogens with zero attached hydrogens (tertiary/aromatic N) is 1. The molecule has 1 aliphatic rings. The average molecular weight is 357 g/mol. The Morgan fingerprint density at radius 1 is 1.28 bits per heavy atom. The number of allylic oxidation sites excluding steroid dienone is 1. The summed E-state index contributed by atoms with van der Waals surface area (Å²) in [4.78, 5) is 16.2. The van der Waals surface area contributed by atoms with Crippen molar-refractivity contribution in [3.8, 4) is 5.75 Å². The lowest BCUT2D eigenvalue weighted by Gasteiger charge is -2.15. The van der Waals surface area contributed by atoms with E-state index in [1.165, 1.54) is 22.4 Å². The van der Waals surface area contributed by atoms with Crippen LogP contribution >= 0.6 is 11.3 Å². The van der Waals surface area contributed by atoms with E-state index in [0.29, 0.717) is 13.0 Å². The van der Waals surface area contributed by atoms with Gasteiger partial charge in [-0.05, 0) is 73.4 Å². The van der Waals surface area contributed by atoms with Gasteiger partial charge in [0.2, 0.25) is 0 Å².